The number of hydrogen-bond donors (Lipinski definition) is 1. The molecule has 0 fully saturated rings. The van der Waals surface area contributed by atoms with Crippen LogP contribution in [0.15, 0.2) is 42.5 Å². The number of para-hydroxylation sites is 2. The zero-order chi connectivity index (χ0) is 15.2. The maximum absolute atomic E-state index is 5.58. The highest BCUT2D eigenvalue weighted by Crippen LogP contribution is 2.31. The molecule has 0 aliphatic heterocycles. The van der Waals surface area contributed by atoms with Crippen molar-refractivity contribution in [3.63, 3.8) is 0 Å². The van der Waals surface area contributed by atoms with Gasteiger partial charge < -0.3 is 4.98 Å². The molecule has 3 aromatic rings. The lowest BCUT2D eigenvalue weighted by atomic mass is 9.85. The molecule has 0 aliphatic rings. The minimum atomic E-state index is 0.0682. The molecule has 21 heavy (non-hydrogen) atoms. The van der Waals surface area contributed by atoms with E-state index < -0.39 is 0 Å². The topological polar surface area (TPSA) is 20.7 Å². The van der Waals surface area contributed by atoms with Gasteiger partial charge in [-0.15, -0.1) is 0 Å². The number of imidazole rings is 1. The number of aromatic amines is 1. The molecule has 0 spiro atoms. The highest BCUT2D eigenvalue weighted by Gasteiger charge is 2.20. The molecule has 0 radical (unpaired) electrons. The molecular weight excluding hydrogens is 276 g/mol. The molecule has 0 aliphatic carbocycles. The van der Waals surface area contributed by atoms with Crippen LogP contribution in [0.4, 0.5) is 0 Å². The Labute approximate surface area is 130 Å². The van der Waals surface area contributed by atoms with Crippen LogP contribution in [0.5, 0.6) is 0 Å². The maximum Gasteiger partial charge on any atom is 0.182 e. The number of rotatable bonds is 1. The van der Waals surface area contributed by atoms with E-state index in [1.807, 2.05) is 0 Å². The second-order valence-corrected chi connectivity index (χ2v) is 6.89. The van der Waals surface area contributed by atoms with Gasteiger partial charge in [0.1, 0.15) is 0 Å². The average molecular weight is 296 g/mol. The molecular formula is C18H20N2S. The zero-order valence-electron chi connectivity index (χ0n) is 12.9. The first-order valence-corrected chi connectivity index (χ1v) is 7.60. The SMILES string of the molecule is Cc1cccc2c1[nH]c(=S)n2-c1ccccc1C(C)(C)C. The van der Waals surface area contributed by atoms with Crippen molar-refractivity contribution < 1.29 is 0 Å². The van der Waals surface area contributed by atoms with Gasteiger partial charge in [0.25, 0.3) is 0 Å². The number of nitrogens with one attached hydrogen (secondary N) is 1. The lowest BCUT2D eigenvalue weighted by Crippen LogP contribution is -2.15. The van der Waals surface area contributed by atoms with Gasteiger partial charge >= 0.3 is 0 Å². The molecule has 3 rings (SSSR count). The first-order chi connectivity index (χ1) is 9.89. The van der Waals surface area contributed by atoms with Gasteiger partial charge in [-0.3, -0.25) is 4.57 Å². The molecule has 0 saturated carbocycles. The Hall–Kier alpha value is -1.87. The van der Waals surface area contributed by atoms with Crippen LogP contribution < -0.4 is 0 Å². The minimum Gasteiger partial charge on any atom is -0.330 e. The molecule has 108 valence electrons. The summed E-state index contributed by atoms with van der Waals surface area (Å²) in [4.78, 5) is 3.35. The lowest BCUT2D eigenvalue weighted by Gasteiger charge is -2.23. The normalized spacial score (nSPS) is 12.0. The molecule has 0 saturated heterocycles. The highest BCUT2D eigenvalue weighted by molar-refractivity contribution is 7.71. The van der Waals surface area contributed by atoms with Crippen LogP contribution in [0.2, 0.25) is 0 Å². The van der Waals surface area contributed by atoms with E-state index >= 15 is 0 Å². The molecule has 1 heterocycles. The van der Waals surface area contributed by atoms with Crippen molar-refractivity contribution >= 4 is 23.3 Å². The predicted molar refractivity (Wildman–Crippen MR) is 91.9 cm³/mol. The molecule has 1 N–H and O–H groups in total. The molecule has 2 aromatic carbocycles. The summed E-state index contributed by atoms with van der Waals surface area (Å²) in [6, 6.07) is 14.8. The van der Waals surface area contributed by atoms with E-state index in [0.29, 0.717) is 0 Å². The Bertz CT molecular complexity index is 863. The lowest BCUT2D eigenvalue weighted by molar-refractivity contribution is 0.586. The predicted octanol–water partition coefficient (Wildman–Crippen LogP) is 5.29. The number of nitrogens with zero attached hydrogens (tertiary/aromatic N) is 1. The Morgan fingerprint density at radius 1 is 1.00 bits per heavy atom. The number of benzene rings is 2. The van der Waals surface area contributed by atoms with Crippen molar-refractivity contribution in [1.29, 1.82) is 0 Å². The van der Waals surface area contributed by atoms with Crippen LogP contribution in [0, 0.1) is 11.7 Å². The Morgan fingerprint density at radius 3 is 2.43 bits per heavy atom. The van der Waals surface area contributed by atoms with Gasteiger partial charge in [-0.2, -0.15) is 0 Å². The molecule has 2 nitrogen and oxygen atoms in total. The molecule has 0 atom stereocenters. The standard InChI is InChI=1S/C18H20N2S/c1-12-8-7-11-15-16(12)19-17(21)20(15)14-10-6-5-9-13(14)18(2,3)4/h5-11H,1-4H3,(H,19,21). The molecule has 3 heteroatoms. The fourth-order valence-corrected chi connectivity index (χ4v) is 3.11. The Morgan fingerprint density at radius 2 is 1.71 bits per heavy atom. The maximum atomic E-state index is 5.58. The largest absolute Gasteiger partial charge is 0.330 e. The first-order valence-electron chi connectivity index (χ1n) is 7.20. The summed E-state index contributed by atoms with van der Waals surface area (Å²) in [5.74, 6) is 0. The van der Waals surface area contributed by atoms with Crippen molar-refractivity contribution in [3.8, 4) is 5.69 Å². The Balaban J connectivity index is 2.40. The molecule has 1 aromatic heterocycles. The van der Waals surface area contributed by atoms with Gasteiger partial charge in [0.2, 0.25) is 0 Å². The Kier molecular flexibility index (Phi) is 3.25. The number of fused-ring (bicyclic) bond motifs is 1. The summed E-state index contributed by atoms with van der Waals surface area (Å²) < 4.78 is 2.90. The smallest absolute Gasteiger partial charge is 0.182 e. The minimum absolute atomic E-state index is 0.0682. The van der Waals surface area contributed by atoms with Gasteiger partial charge in [0.15, 0.2) is 4.77 Å². The van der Waals surface area contributed by atoms with Crippen LogP contribution in [-0.4, -0.2) is 9.55 Å². The van der Waals surface area contributed by atoms with Gasteiger partial charge in [-0.1, -0.05) is 51.1 Å². The number of H-pyrrole nitrogens is 1. The van der Waals surface area contributed by atoms with E-state index in [0.717, 1.165) is 21.5 Å². The zero-order valence-corrected chi connectivity index (χ0v) is 13.7. The fraction of sp³-hybridized carbons (Fsp3) is 0.278. The summed E-state index contributed by atoms with van der Waals surface area (Å²) in [6.45, 7) is 8.80. The molecule has 0 unspecified atom stereocenters. The van der Waals surface area contributed by atoms with Crippen LogP contribution >= 0.6 is 12.2 Å². The van der Waals surface area contributed by atoms with Gasteiger partial charge in [-0.25, -0.2) is 0 Å². The molecule has 0 amide bonds. The number of aromatic nitrogens is 2. The monoisotopic (exact) mass is 296 g/mol. The van der Waals surface area contributed by atoms with E-state index in [2.05, 4.69) is 79.7 Å². The summed E-state index contributed by atoms with van der Waals surface area (Å²) in [7, 11) is 0. The third kappa shape index (κ3) is 2.32. The van der Waals surface area contributed by atoms with Crippen LogP contribution in [-0.2, 0) is 5.41 Å². The summed E-state index contributed by atoms with van der Waals surface area (Å²) in [6.07, 6.45) is 0. The number of hydrogen-bond acceptors (Lipinski definition) is 1. The quantitative estimate of drug-likeness (QED) is 0.605. The second kappa shape index (κ2) is 4.85. The van der Waals surface area contributed by atoms with E-state index in [1.165, 1.54) is 11.1 Å². The summed E-state index contributed by atoms with van der Waals surface area (Å²) in [5.41, 5.74) is 5.99. The van der Waals surface area contributed by atoms with Crippen LogP contribution in [0.3, 0.4) is 0 Å². The van der Waals surface area contributed by atoms with Crippen molar-refractivity contribution in [2.24, 2.45) is 0 Å². The van der Waals surface area contributed by atoms with Crippen LogP contribution in [0.1, 0.15) is 31.9 Å². The average Bonchev–Trinajstić information content (AvgIpc) is 2.75. The first kappa shape index (κ1) is 14.1. The van der Waals surface area contributed by atoms with E-state index in [9.17, 15) is 0 Å². The van der Waals surface area contributed by atoms with Crippen molar-refractivity contribution in [2.45, 2.75) is 33.1 Å². The fourth-order valence-electron chi connectivity index (χ4n) is 2.82. The van der Waals surface area contributed by atoms with E-state index in [1.54, 1.807) is 0 Å². The van der Waals surface area contributed by atoms with Crippen molar-refractivity contribution in [2.75, 3.05) is 0 Å². The summed E-state index contributed by atoms with van der Waals surface area (Å²) >= 11 is 5.58. The molecule has 0 bridgehead atoms. The van der Waals surface area contributed by atoms with Gasteiger partial charge in [0.05, 0.1) is 16.7 Å². The highest BCUT2D eigenvalue weighted by atomic mass is 32.1. The third-order valence-corrected chi connectivity index (χ3v) is 4.16. The van der Waals surface area contributed by atoms with Crippen LogP contribution in [0.25, 0.3) is 16.7 Å². The third-order valence-electron chi connectivity index (χ3n) is 3.88. The van der Waals surface area contributed by atoms with Crippen molar-refractivity contribution in [1.82, 2.24) is 9.55 Å². The van der Waals surface area contributed by atoms with E-state index in [-0.39, 0.29) is 5.41 Å². The van der Waals surface area contributed by atoms with Gasteiger partial charge in [0, 0.05) is 0 Å². The second-order valence-electron chi connectivity index (χ2n) is 6.50. The number of aryl methyl sites for hydroxylation is 1. The van der Waals surface area contributed by atoms with E-state index in [4.69, 9.17) is 12.2 Å². The summed E-state index contributed by atoms with van der Waals surface area (Å²) in [5, 5.41) is 0. The van der Waals surface area contributed by atoms with Crippen molar-refractivity contribution in [3.05, 3.63) is 58.4 Å². The van der Waals surface area contributed by atoms with Gasteiger partial charge in [-0.05, 0) is 47.8 Å².